The summed E-state index contributed by atoms with van der Waals surface area (Å²) in [6, 6.07) is 13.8. The molecule has 2 fully saturated rings. The molecular formula is C40H41F4N9O3. The number of amides is 1. The first kappa shape index (κ1) is 37.5. The van der Waals surface area contributed by atoms with Crippen molar-refractivity contribution in [3.63, 3.8) is 0 Å². The molecule has 5 heterocycles. The summed E-state index contributed by atoms with van der Waals surface area (Å²) in [7, 11) is 1.34. The number of alkyl halides is 3. The lowest BCUT2D eigenvalue weighted by Crippen LogP contribution is -2.35. The van der Waals surface area contributed by atoms with E-state index in [4.69, 9.17) is 4.74 Å². The highest BCUT2D eigenvalue weighted by molar-refractivity contribution is 5.90. The second-order valence-electron chi connectivity index (χ2n) is 14.5. The highest BCUT2D eigenvalue weighted by atomic mass is 19.4. The van der Waals surface area contributed by atoms with Crippen LogP contribution in [0.1, 0.15) is 59.8 Å². The Kier molecular flexibility index (Phi) is 10.4. The minimum absolute atomic E-state index is 0.0273. The Morgan fingerprint density at radius 1 is 1.02 bits per heavy atom. The van der Waals surface area contributed by atoms with Crippen LogP contribution in [0.15, 0.2) is 60.9 Å². The molecule has 292 valence electrons. The van der Waals surface area contributed by atoms with Crippen molar-refractivity contribution in [2.45, 2.75) is 69.6 Å². The molecule has 1 aliphatic carbocycles. The summed E-state index contributed by atoms with van der Waals surface area (Å²) < 4.78 is 65.1. The summed E-state index contributed by atoms with van der Waals surface area (Å²) in [5, 5.41) is 23.2. The molecule has 0 saturated carbocycles. The van der Waals surface area contributed by atoms with Crippen molar-refractivity contribution in [3.05, 3.63) is 94.8 Å². The van der Waals surface area contributed by atoms with Gasteiger partial charge in [0.2, 0.25) is 11.8 Å². The van der Waals surface area contributed by atoms with Crippen molar-refractivity contribution in [2.24, 2.45) is 0 Å². The van der Waals surface area contributed by atoms with E-state index in [1.54, 1.807) is 36.7 Å². The van der Waals surface area contributed by atoms with Gasteiger partial charge in [0, 0.05) is 68.5 Å². The van der Waals surface area contributed by atoms with Crippen LogP contribution < -0.4 is 26.0 Å². The fraction of sp³-hybridized carbons (Fsp3) is 0.375. The minimum Gasteiger partial charge on any atom is -0.480 e. The molecule has 5 aromatic rings. The first-order chi connectivity index (χ1) is 27.0. The van der Waals surface area contributed by atoms with E-state index in [2.05, 4.69) is 41.2 Å². The van der Waals surface area contributed by atoms with Gasteiger partial charge < -0.3 is 31.1 Å². The van der Waals surface area contributed by atoms with E-state index < -0.39 is 35.7 Å². The SMILES string of the molecule is COc1nc(N[C@@H]2CCc3c(-c4cccc(Nc5nccc6cc(CNC[C@@H]7CCC(=O)N7)cnc56)c4F)cccc32)c(C(F)(F)F)nc1CN1CC[C@@H](O)C1. The lowest BCUT2D eigenvalue weighted by molar-refractivity contribution is -0.141. The van der Waals surface area contributed by atoms with Crippen LogP contribution in [-0.4, -0.2) is 74.7 Å². The number of pyridine rings is 2. The predicted molar refractivity (Wildman–Crippen MR) is 202 cm³/mol. The Balaban J connectivity index is 1.02. The third kappa shape index (κ3) is 7.81. The first-order valence-corrected chi connectivity index (χ1v) is 18.6. The van der Waals surface area contributed by atoms with Gasteiger partial charge in [0.05, 0.1) is 24.9 Å². The molecule has 5 N–H and O–H groups in total. The number of aliphatic hydroxyl groups excluding tert-OH is 1. The zero-order valence-electron chi connectivity index (χ0n) is 30.6. The van der Waals surface area contributed by atoms with Crippen molar-refractivity contribution in [1.82, 2.24) is 35.5 Å². The molecule has 16 heteroatoms. The molecule has 2 saturated heterocycles. The molecule has 0 unspecified atom stereocenters. The van der Waals surface area contributed by atoms with E-state index in [0.29, 0.717) is 74.3 Å². The summed E-state index contributed by atoms with van der Waals surface area (Å²) in [4.78, 5) is 30.7. The van der Waals surface area contributed by atoms with Crippen LogP contribution in [0.5, 0.6) is 5.88 Å². The van der Waals surface area contributed by atoms with Crippen LogP contribution in [0.4, 0.5) is 34.9 Å². The van der Waals surface area contributed by atoms with Crippen molar-refractivity contribution in [2.75, 3.05) is 37.4 Å². The standard InChI is InChI=1S/C40H41F4N9O3/c1-56-39-32(21-53-15-13-25(54)20-53)49-36(40(42,43)44)38(52-39)50-30-10-9-27-26(4-2-5-28(27)30)29-6-3-7-31(34(29)41)51-37-35-23(12-14-46-37)16-22(18-47-35)17-45-19-24-8-11-33(55)48-24/h2-7,12,14,16,18,24-25,30,45,54H,8-11,13,15,17,19-21H2,1H3,(H,46,51)(H,48,55)(H,50,52)/t24-,25+,30+/m0/s1. The third-order valence-electron chi connectivity index (χ3n) is 10.6. The van der Waals surface area contributed by atoms with Crippen LogP contribution >= 0.6 is 0 Å². The van der Waals surface area contributed by atoms with E-state index in [1.165, 1.54) is 7.11 Å². The van der Waals surface area contributed by atoms with E-state index in [1.807, 2.05) is 29.2 Å². The maximum Gasteiger partial charge on any atom is 0.437 e. The van der Waals surface area contributed by atoms with Crippen molar-refractivity contribution in [1.29, 1.82) is 0 Å². The van der Waals surface area contributed by atoms with Gasteiger partial charge in [-0.05, 0) is 66.1 Å². The molecule has 1 amide bonds. The smallest absolute Gasteiger partial charge is 0.437 e. The molecule has 8 rings (SSSR count). The third-order valence-corrected chi connectivity index (χ3v) is 10.6. The Labute approximate surface area is 320 Å². The zero-order valence-corrected chi connectivity index (χ0v) is 30.6. The number of carbonyl (C=O) groups is 1. The summed E-state index contributed by atoms with van der Waals surface area (Å²) in [5.41, 5.74) is 3.13. The van der Waals surface area contributed by atoms with Gasteiger partial charge in [-0.2, -0.15) is 18.2 Å². The van der Waals surface area contributed by atoms with E-state index in [-0.39, 0.29) is 35.8 Å². The Hall–Kier alpha value is -5.45. The minimum atomic E-state index is -4.80. The van der Waals surface area contributed by atoms with Gasteiger partial charge in [0.25, 0.3) is 0 Å². The number of nitrogens with zero attached hydrogens (tertiary/aromatic N) is 5. The number of hydrogen-bond acceptors (Lipinski definition) is 11. The number of benzene rings is 2. The van der Waals surface area contributed by atoms with Crippen LogP contribution in [-0.2, 0) is 30.5 Å². The number of anilines is 3. The number of carbonyl (C=O) groups excluding carboxylic acids is 1. The summed E-state index contributed by atoms with van der Waals surface area (Å²) in [5.74, 6) is -0.521. The second kappa shape index (κ2) is 15.6. The van der Waals surface area contributed by atoms with Crippen LogP contribution in [0.3, 0.4) is 0 Å². The number of likely N-dealkylation sites (tertiary alicyclic amines) is 1. The number of halogens is 4. The van der Waals surface area contributed by atoms with E-state index in [9.17, 15) is 23.1 Å². The number of aromatic nitrogens is 4. The molecule has 12 nitrogen and oxygen atoms in total. The number of fused-ring (bicyclic) bond motifs is 2. The van der Waals surface area contributed by atoms with E-state index >= 15 is 4.39 Å². The maximum absolute atomic E-state index is 16.4. The number of nitrogens with one attached hydrogen (secondary N) is 4. The quantitative estimate of drug-likeness (QED) is 0.0947. The van der Waals surface area contributed by atoms with Crippen molar-refractivity contribution >= 4 is 34.1 Å². The number of rotatable bonds is 12. The predicted octanol–water partition coefficient (Wildman–Crippen LogP) is 6.03. The van der Waals surface area contributed by atoms with Gasteiger partial charge >= 0.3 is 6.18 Å². The van der Waals surface area contributed by atoms with Gasteiger partial charge in [-0.15, -0.1) is 0 Å². The molecule has 2 aromatic carbocycles. The molecule has 0 spiro atoms. The topological polar surface area (TPSA) is 149 Å². The summed E-state index contributed by atoms with van der Waals surface area (Å²) >= 11 is 0. The maximum atomic E-state index is 16.4. The zero-order chi connectivity index (χ0) is 39.0. The number of β-amino-alcohol motifs (C(OH)–C–C–N with tert-alkyl or cyclic N) is 1. The van der Waals surface area contributed by atoms with Crippen molar-refractivity contribution < 1.29 is 32.2 Å². The lowest BCUT2D eigenvalue weighted by Gasteiger charge is -2.22. The molecular weight excluding hydrogens is 730 g/mol. The Morgan fingerprint density at radius 2 is 1.86 bits per heavy atom. The van der Waals surface area contributed by atoms with Crippen LogP contribution in [0.25, 0.3) is 22.0 Å². The van der Waals surface area contributed by atoms with Gasteiger partial charge in [0.15, 0.2) is 23.1 Å². The highest BCUT2D eigenvalue weighted by Gasteiger charge is 2.40. The fourth-order valence-corrected chi connectivity index (χ4v) is 7.89. The van der Waals surface area contributed by atoms with Crippen molar-refractivity contribution in [3.8, 4) is 17.0 Å². The van der Waals surface area contributed by atoms with Gasteiger partial charge in [-0.25, -0.2) is 14.4 Å². The number of methoxy groups -OCH3 is 1. The fourth-order valence-electron chi connectivity index (χ4n) is 7.89. The summed E-state index contributed by atoms with van der Waals surface area (Å²) in [6.45, 7) is 2.14. The van der Waals surface area contributed by atoms with Gasteiger partial charge in [-0.1, -0.05) is 30.3 Å². The number of hydrogen-bond donors (Lipinski definition) is 5. The van der Waals surface area contributed by atoms with E-state index in [0.717, 1.165) is 28.5 Å². The normalized spacial score (nSPS) is 19.7. The van der Waals surface area contributed by atoms with Crippen LogP contribution in [0, 0.1) is 5.82 Å². The van der Waals surface area contributed by atoms with Gasteiger partial charge in [0.1, 0.15) is 11.2 Å². The molecule has 0 radical (unpaired) electrons. The highest BCUT2D eigenvalue weighted by Crippen LogP contribution is 2.43. The number of aliphatic hydroxyl groups is 1. The molecule has 56 heavy (non-hydrogen) atoms. The Morgan fingerprint density at radius 3 is 2.62 bits per heavy atom. The molecule has 0 bridgehead atoms. The number of ether oxygens (including phenoxy) is 1. The average molecular weight is 772 g/mol. The molecule has 3 aliphatic rings. The molecule has 2 aliphatic heterocycles. The summed E-state index contributed by atoms with van der Waals surface area (Å²) in [6.07, 6.45) is 0.852. The first-order valence-electron chi connectivity index (χ1n) is 18.6. The molecule has 3 aromatic heterocycles. The monoisotopic (exact) mass is 771 g/mol. The Bertz CT molecular complexity index is 2270. The largest absolute Gasteiger partial charge is 0.480 e. The molecule has 3 atom stereocenters. The van der Waals surface area contributed by atoms with Crippen LogP contribution in [0.2, 0.25) is 0 Å². The second-order valence-corrected chi connectivity index (χ2v) is 14.5. The van der Waals surface area contributed by atoms with Gasteiger partial charge in [-0.3, -0.25) is 14.7 Å². The lowest BCUT2D eigenvalue weighted by atomic mass is 9.95. The average Bonchev–Trinajstić information content (AvgIpc) is 3.92.